The van der Waals surface area contributed by atoms with Crippen molar-refractivity contribution in [2.24, 2.45) is 17.2 Å². The van der Waals surface area contributed by atoms with Gasteiger partial charge in [-0.1, -0.05) is 0 Å². The molecule has 0 spiro atoms. The molecule has 14 heteroatoms. The molecule has 3 amide bonds. The summed E-state index contributed by atoms with van der Waals surface area (Å²) >= 11 is 0. The molecular weight excluding hydrogens is 486 g/mol. The van der Waals surface area contributed by atoms with E-state index < -0.39 is 23.7 Å². The quantitative estimate of drug-likeness (QED) is 0.205. The number of carboxylic acid groups (broad SMARTS) is 1. The molecule has 1 heterocycles. The van der Waals surface area contributed by atoms with E-state index in [0.717, 1.165) is 0 Å². The zero-order chi connectivity index (χ0) is 28.4. The van der Waals surface area contributed by atoms with Crippen molar-refractivity contribution in [1.82, 2.24) is 19.6 Å². The third kappa shape index (κ3) is 21.0. The molecule has 214 valence electrons. The summed E-state index contributed by atoms with van der Waals surface area (Å²) in [5.41, 5.74) is 15.8. The third-order valence-corrected chi connectivity index (χ3v) is 5.33. The zero-order valence-corrected chi connectivity index (χ0v) is 22.4. The molecule has 14 nitrogen and oxygen atoms in total. The SMILES string of the molecule is CC(C)(C)OC=O.NC(=O)CN1CCN(CCCC(=O)O)CCN(CC(N)=O)CCN(CC(N)=O)CC1. The number of hydrogen-bond acceptors (Lipinski definition) is 10. The Morgan fingerprint density at radius 3 is 1.27 bits per heavy atom. The Morgan fingerprint density at radius 1 is 0.730 bits per heavy atom. The minimum Gasteiger partial charge on any atom is -0.481 e. The summed E-state index contributed by atoms with van der Waals surface area (Å²) in [5, 5.41) is 8.89. The van der Waals surface area contributed by atoms with Crippen molar-refractivity contribution in [2.75, 3.05) is 78.5 Å². The fourth-order valence-electron chi connectivity index (χ4n) is 3.54. The number of amides is 3. The van der Waals surface area contributed by atoms with Crippen LogP contribution >= 0.6 is 0 Å². The predicted octanol–water partition coefficient (Wildman–Crippen LogP) is -2.51. The fraction of sp³-hybridized carbons (Fsp3) is 0.783. The van der Waals surface area contributed by atoms with Gasteiger partial charge in [-0.05, 0) is 33.7 Å². The van der Waals surface area contributed by atoms with Crippen LogP contribution in [0.1, 0.15) is 33.6 Å². The summed E-state index contributed by atoms with van der Waals surface area (Å²) in [6, 6.07) is 0. The van der Waals surface area contributed by atoms with Crippen molar-refractivity contribution in [3.63, 3.8) is 0 Å². The van der Waals surface area contributed by atoms with E-state index in [9.17, 15) is 24.0 Å². The van der Waals surface area contributed by atoms with E-state index in [1.165, 1.54) is 0 Å². The second-order valence-corrected chi connectivity index (χ2v) is 9.89. The van der Waals surface area contributed by atoms with Crippen LogP contribution in [0.3, 0.4) is 0 Å². The molecule has 37 heavy (non-hydrogen) atoms. The van der Waals surface area contributed by atoms with Crippen LogP contribution < -0.4 is 17.2 Å². The minimum absolute atomic E-state index is 0.0780. The maximum absolute atomic E-state index is 11.4. The molecule has 1 aliphatic rings. The average Bonchev–Trinajstić information content (AvgIpc) is 2.73. The van der Waals surface area contributed by atoms with Gasteiger partial charge in [0.2, 0.25) is 17.7 Å². The largest absolute Gasteiger partial charge is 0.481 e. The summed E-state index contributed by atoms with van der Waals surface area (Å²) in [7, 11) is 0. The second-order valence-electron chi connectivity index (χ2n) is 9.89. The van der Waals surface area contributed by atoms with Gasteiger partial charge in [-0.2, -0.15) is 0 Å². The molecule has 1 aliphatic heterocycles. The number of aliphatic carboxylic acids is 1. The van der Waals surface area contributed by atoms with Gasteiger partial charge in [0.05, 0.1) is 19.6 Å². The normalized spacial score (nSPS) is 17.4. The molecule has 1 saturated heterocycles. The van der Waals surface area contributed by atoms with Crippen LogP contribution in [0.5, 0.6) is 0 Å². The van der Waals surface area contributed by atoms with Crippen LogP contribution in [0.4, 0.5) is 0 Å². The highest BCUT2D eigenvalue weighted by Gasteiger charge is 2.19. The van der Waals surface area contributed by atoms with Gasteiger partial charge in [0, 0.05) is 58.8 Å². The number of rotatable bonds is 11. The highest BCUT2D eigenvalue weighted by atomic mass is 16.5. The summed E-state index contributed by atoms with van der Waals surface area (Å²) in [6.45, 7) is 11.2. The van der Waals surface area contributed by atoms with Gasteiger partial charge in [-0.3, -0.25) is 38.7 Å². The number of hydrogen-bond donors (Lipinski definition) is 4. The van der Waals surface area contributed by atoms with Crippen molar-refractivity contribution in [3.8, 4) is 0 Å². The number of nitrogens with two attached hydrogens (primary N) is 3. The van der Waals surface area contributed by atoms with Crippen LogP contribution in [-0.2, 0) is 28.7 Å². The monoisotopic (exact) mass is 531 g/mol. The Morgan fingerprint density at radius 2 is 1.05 bits per heavy atom. The van der Waals surface area contributed by atoms with E-state index in [-0.39, 0.29) is 31.7 Å². The third-order valence-electron chi connectivity index (χ3n) is 5.33. The van der Waals surface area contributed by atoms with Gasteiger partial charge < -0.3 is 31.9 Å². The van der Waals surface area contributed by atoms with Crippen molar-refractivity contribution < 1.29 is 33.8 Å². The highest BCUT2D eigenvalue weighted by Crippen LogP contribution is 2.03. The fourth-order valence-corrected chi connectivity index (χ4v) is 3.54. The van der Waals surface area contributed by atoms with Gasteiger partial charge in [0.15, 0.2) is 0 Å². The van der Waals surface area contributed by atoms with E-state index in [2.05, 4.69) is 9.64 Å². The Labute approximate surface area is 219 Å². The van der Waals surface area contributed by atoms with Crippen LogP contribution in [0, 0.1) is 0 Å². The molecule has 0 aromatic heterocycles. The van der Waals surface area contributed by atoms with Crippen LogP contribution in [0.25, 0.3) is 0 Å². The Bertz CT molecular complexity index is 699. The highest BCUT2D eigenvalue weighted by molar-refractivity contribution is 5.76. The number of carbonyl (C=O) groups excluding carboxylic acids is 4. The molecule has 1 fully saturated rings. The predicted molar refractivity (Wildman–Crippen MR) is 137 cm³/mol. The molecular formula is C23H45N7O7. The molecule has 0 saturated carbocycles. The average molecular weight is 532 g/mol. The topological polar surface area (TPSA) is 206 Å². The summed E-state index contributed by atoms with van der Waals surface area (Å²) in [5.74, 6) is -2.17. The zero-order valence-electron chi connectivity index (χ0n) is 22.4. The number of carboxylic acids is 1. The molecule has 0 aromatic rings. The van der Waals surface area contributed by atoms with Crippen LogP contribution in [0.15, 0.2) is 0 Å². The minimum atomic E-state index is -0.843. The summed E-state index contributed by atoms with van der Waals surface area (Å²) < 4.78 is 4.55. The van der Waals surface area contributed by atoms with E-state index in [0.29, 0.717) is 71.8 Å². The smallest absolute Gasteiger partial charge is 0.303 e. The lowest BCUT2D eigenvalue weighted by molar-refractivity contribution is -0.139. The first-order chi connectivity index (χ1) is 17.2. The molecule has 0 bridgehead atoms. The van der Waals surface area contributed by atoms with E-state index >= 15 is 0 Å². The summed E-state index contributed by atoms with van der Waals surface area (Å²) in [4.78, 5) is 62.6. The van der Waals surface area contributed by atoms with Crippen LogP contribution in [-0.4, -0.2) is 139 Å². The lowest BCUT2D eigenvalue weighted by Crippen LogP contribution is -2.49. The van der Waals surface area contributed by atoms with E-state index in [1.54, 1.807) is 0 Å². The van der Waals surface area contributed by atoms with Gasteiger partial charge in [-0.25, -0.2) is 0 Å². The van der Waals surface area contributed by atoms with Crippen molar-refractivity contribution in [1.29, 1.82) is 0 Å². The second kappa shape index (κ2) is 18.4. The lowest BCUT2D eigenvalue weighted by Gasteiger charge is -2.33. The molecule has 0 unspecified atom stereocenters. The number of nitrogens with zero attached hydrogens (tertiary/aromatic N) is 4. The number of carbonyl (C=O) groups is 5. The van der Waals surface area contributed by atoms with Crippen molar-refractivity contribution in [2.45, 2.75) is 39.2 Å². The summed E-state index contributed by atoms with van der Waals surface area (Å²) in [6.07, 6.45) is 0.585. The first-order valence-electron chi connectivity index (χ1n) is 12.3. The standard InChI is InChI=1S/C18H35N7O5.C5H10O2/c19-15(26)12-23-6-4-22(3-1-2-18(29)30)5-7-24(13-16(20)27)9-11-25(10-8-23)14-17(21)28;1-5(2,3)7-4-6/h1-14H2,(H2,19,26)(H2,20,27)(H2,21,28)(H,29,30);4H,1-3H3. The number of primary amides is 3. The van der Waals surface area contributed by atoms with Crippen LogP contribution in [0.2, 0.25) is 0 Å². The van der Waals surface area contributed by atoms with E-state index in [4.69, 9.17) is 22.3 Å². The van der Waals surface area contributed by atoms with Gasteiger partial charge >= 0.3 is 5.97 Å². The first kappa shape index (κ1) is 34.2. The van der Waals surface area contributed by atoms with Gasteiger partial charge in [0.1, 0.15) is 5.60 Å². The van der Waals surface area contributed by atoms with Crippen molar-refractivity contribution >= 4 is 30.2 Å². The van der Waals surface area contributed by atoms with Gasteiger partial charge in [-0.15, -0.1) is 0 Å². The number of ether oxygens (including phenoxy) is 1. The molecule has 0 atom stereocenters. The molecule has 0 aromatic carbocycles. The van der Waals surface area contributed by atoms with Gasteiger partial charge in [0.25, 0.3) is 6.47 Å². The maximum Gasteiger partial charge on any atom is 0.303 e. The molecule has 0 aliphatic carbocycles. The Kier molecular flexibility index (Phi) is 17.0. The molecule has 1 rings (SSSR count). The lowest BCUT2D eigenvalue weighted by atomic mass is 10.2. The van der Waals surface area contributed by atoms with Crippen molar-refractivity contribution in [3.05, 3.63) is 0 Å². The molecule has 7 N–H and O–H groups in total. The maximum atomic E-state index is 11.4. The molecule has 0 radical (unpaired) electrons. The van der Waals surface area contributed by atoms with E-state index in [1.807, 2.05) is 35.5 Å². The first-order valence-corrected chi connectivity index (χ1v) is 12.3. The Balaban J connectivity index is 0.00000161. The Hall–Kier alpha value is -2.81.